The average Bonchev–Trinajstić information content (AvgIpc) is 3.92. The van der Waals surface area contributed by atoms with Gasteiger partial charge in [0.15, 0.2) is 11.3 Å². The minimum Gasteiger partial charge on any atom is -0.378 e. The maximum absolute atomic E-state index is 14.2. The highest BCUT2D eigenvalue weighted by molar-refractivity contribution is 6.08. The number of nitrogens with zero attached hydrogens (tertiary/aromatic N) is 8. The normalized spacial score (nSPS) is 20.1. The first-order chi connectivity index (χ1) is 28.2. The molecule has 18 heteroatoms. The molecule has 2 aliphatic heterocycles. The van der Waals surface area contributed by atoms with E-state index in [0.29, 0.717) is 66.7 Å². The number of imidazole rings is 1. The number of anilines is 2. The fraction of sp³-hybridized carbons (Fsp3) is 0.475. The van der Waals surface area contributed by atoms with Gasteiger partial charge in [-0.25, -0.2) is 23.1 Å². The van der Waals surface area contributed by atoms with E-state index < -0.39 is 30.0 Å². The van der Waals surface area contributed by atoms with Crippen molar-refractivity contribution in [1.29, 1.82) is 0 Å². The number of aromatic nitrogens is 7. The largest absolute Gasteiger partial charge is 0.378 e. The van der Waals surface area contributed by atoms with Crippen LogP contribution in [0.4, 0.5) is 20.3 Å². The Morgan fingerprint density at radius 1 is 1.09 bits per heavy atom. The Hall–Kier alpha value is -5.93. The van der Waals surface area contributed by atoms with E-state index in [9.17, 15) is 28.0 Å². The second-order valence-corrected chi connectivity index (χ2v) is 15.0. The second-order valence-electron chi connectivity index (χ2n) is 15.0. The van der Waals surface area contributed by atoms with Crippen molar-refractivity contribution in [3.05, 3.63) is 70.2 Å². The first kappa shape index (κ1) is 38.9. The van der Waals surface area contributed by atoms with Gasteiger partial charge in [0.1, 0.15) is 17.4 Å². The van der Waals surface area contributed by atoms with Crippen molar-refractivity contribution in [2.24, 2.45) is 13.0 Å². The molecule has 0 spiro atoms. The summed E-state index contributed by atoms with van der Waals surface area (Å²) >= 11 is 0. The number of alkyl halides is 2. The van der Waals surface area contributed by atoms with E-state index in [4.69, 9.17) is 4.74 Å². The van der Waals surface area contributed by atoms with Crippen molar-refractivity contribution in [2.75, 3.05) is 49.6 Å². The number of fused-ring (bicyclic) bond motifs is 2. The number of aryl methyl sites for hydroxylation is 1. The van der Waals surface area contributed by atoms with E-state index in [1.54, 1.807) is 24.0 Å². The van der Waals surface area contributed by atoms with Gasteiger partial charge in [-0.15, -0.1) is 0 Å². The number of benzene rings is 1. The smallest absolute Gasteiger partial charge is 0.329 e. The summed E-state index contributed by atoms with van der Waals surface area (Å²) in [5.74, 6) is 6.15. The molecule has 0 radical (unpaired) electrons. The van der Waals surface area contributed by atoms with Crippen molar-refractivity contribution in [3.63, 3.8) is 0 Å². The maximum atomic E-state index is 14.2. The number of carbonyl (C=O) groups is 3. The highest BCUT2D eigenvalue weighted by Gasteiger charge is 2.32. The number of carbonyl (C=O) groups excluding carboxylic acids is 3. The van der Waals surface area contributed by atoms with Crippen LogP contribution in [-0.2, 0) is 21.4 Å². The van der Waals surface area contributed by atoms with Crippen LogP contribution < -0.4 is 26.5 Å². The molecule has 6 heterocycles. The van der Waals surface area contributed by atoms with Crippen LogP contribution in [0.15, 0.2) is 47.7 Å². The first-order valence-electron chi connectivity index (χ1n) is 19.7. The average molecular weight is 798 g/mol. The van der Waals surface area contributed by atoms with Gasteiger partial charge in [-0.2, -0.15) is 10.2 Å². The number of hydrogen-bond donors (Lipinski definition) is 3. The fourth-order valence-corrected chi connectivity index (χ4v) is 8.18. The lowest BCUT2D eigenvalue weighted by molar-refractivity contribution is -0.135. The standard InChI is InChI=1S/C40H45F2N11O5/c1-49-35-26(7-5-8-30(35)53(40(49)57)31-13-14-33(54)47-39(31)56)6-3-2-4-16-43-22-25-9-11-27(12-10-25)52-24-29(34(48-52)36(41)42)45-38(55)28-23-44-51-17-15-32(46-37(28)51)50-18-20-58-21-19-50/h5,7-8,15,17,23-25,27,31,36,43H,2,4,9-14,16,18-22H2,1H3,(H,45,55)(H,47,54,56). The minimum atomic E-state index is -2.87. The molecule has 8 rings (SSSR count). The summed E-state index contributed by atoms with van der Waals surface area (Å²) in [6, 6.07) is 6.47. The summed E-state index contributed by atoms with van der Waals surface area (Å²) in [6.07, 6.45) is 7.02. The number of rotatable bonds is 11. The number of para-hydroxylation sites is 1. The molecule has 3 fully saturated rings. The summed E-state index contributed by atoms with van der Waals surface area (Å²) < 4.78 is 39.8. The van der Waals surface area contributed by atoms with Gasteiger partial charge >= 0.3 is 5.69 Å². The van der Waals surface area contributed by atoms with E-state index in [0.717, 1.165) is 45.2 Å². The zero-order valence-corrected chi connectivity index (χ0v) is 32.1. The molecule has 1 aliphatic carbocycles. The van der Waals surface area contributed by atoms with Gasteiger partial charge in [0, 0.05) is 45.4 Å². The minimum absolute atomic E-state index is 0.0260. The molecule has 1 aromatic carbocycles. The molecule has 1 saturated carbocycles. The molecule has 2 saturated heterocycles. The molecular weight excluding hydrogens is 753 g/mol. The summed E-state index contributed by atoms with van der Waals surface area (Å²) in [5.41, 5.74) is 1.64. The van der Waals surface area contributed by atoms with Gasteiger partial charge in [0.25, 0.3) is 12.3 Å². The van der Waals surface area contributed by atoms with Crippen molar-refractivity contribution >= 4 is 45.9 Å². The van der Waals surface area contributed by atoms with E-state index in [2.05, 4.69) is 47.9 Å². The van der Waals surface area contributed by atoms with Crippen LogP contribution >= 0.6 is 0 Å². The third-order valence-electron chi connectivity index (χ3n) is 11.3. The molecule has 1 unspecified atom stereocenters. The number of halogens is 2. The van der Waals surface area contributed by atoms with E-state index in [1.165, 1.54) is 26.0 Å². The maximum Gasteiger partial charge on any atom is 0.329 e. The predicted octanol–water partition coefficient (Wildman–Crippen LogP) is 3.74. The molecular formula is C40H45F2N11O5. The highest BCUT2D eigenvalue weighted by Crippen LogP contribution is 2.35. The number of morpholine rings is 1. The summed E-state index contributed by atoms with van der Waals surface area (Å²) in [6.45, 7) is 4.11. The molecule has 304 valence electrons. The number of imide groups is 1. The molecule has 58 heavy (non-hydrogen) atoms. The number of piperidine rings is 1. The Balaban J connectivity index is 0.817. The van der Waals surface area contributed by atoms with Gasteiger partial charge < -0.3 is 20.3 Å². The monoisotopic (exact) mass is 797 g/mol. The number of hydrogen-bond acceptors (Lipinski definition) is 10. The number of ether oxygens (including phenoxy) is 1. The Morgan fingerprint density at radius 2 is 1.90 bits per heavy atom. The van der Waals surface area contributed by atoms with Crippen LogP contribution in [0.1, 0.15) is 91.5 Å². The zero-order valence-electron chi connectivity index (χ0n) is 32.1. The number of unbranched alkanes of at least 4 members (excludes halogenated alkanes) is 1. The van der Waals surface area contributed by atoms with Gasteiger partial charge in [-0.1, -0.05) is 17.9 Å². The summed E-state index contributed by atoms with van der Waals surface area (Å²) in [7, 11) is 1.66. The van der Waals surface area contributed by atoms with Crippen LogP contribution in [0.25, 0.3) is 16.7 Å². The Morgan fingerprint density at radius 3 is 2.67 bits per heavy atom. The van der Waals surface area contributed by atoms with Crippen LogP contribution in [0.3, 0.4) is 0 Å². The third-order valence-corrected chi connectivity index (χ3v) is 11.3. The van der Waals surface area contributed by atoms with E-state index >= 15 is 0 Å². The van der Waals surface area contributed by atoms with E-state index in [-0.39, 0.29) is 41.7 Å². The first-order valence-corrected chi connectivity index (χ1v) is 19.7. The summed E-state index contributed by atoms with van der Waals surface area (Å²) in [4.78, 5) is 57.5. The number of nitrogens with one attached hydrogen (secondary N) is 3. The van der Waals surface area contributed by atoms with Crippen LogP contribution in [0.2, 0.25) is 0 Å². The fourth-order valence-electron chi connectivity index (χ4n) is 8.18. The van der Waals surface area contributed by atoms with Crippen molar-refractivity contribution < 1.29 is 27.9 Å². The molecule has 3 amide bonds. The lowest BCUT2D eigenvalue weighted by Crippen LogP contribution is -2.44. The highest BCUT2D eigenvalue weighted by atomic mass is 19.3. The van der Waals surface area contributed by atoms with Gasteiger partial charge in [-0.3, -0.25) is 33.5 Å². The quantitative estimate of drug-likeness (QED) is 0.102. The Kier molecular flexibility index (Phi) is 11.3. The molecule has 3 N–H and O–H groups in total. The van der Waals surface area contributed by atoms with Crippen LogP contribution in [0.5, 0.6) is 0 Å². The predicted molar refractivity (Wildman–Crippen MR) is 210 cm³/mol. The van der Waals surface area contributed by atoms with Crippen molar-refractivity contribution in [3.8, 4) is 11.8 Å². The van der Waals surface area contributed by atoms with Crippen molar-refractivity contribution in [2.45, 2.75) is 69.9 Å². The molecule has 1 atom stereocenters. The molecule has 3 aliphatic rings. The van der Waals surface area contributed by atoms with Crippen LogP contribution in [-0.4, -0.2) is 90.6 Å². The molecule has 16 nitrogen and oxygen atoms in total. The Labute approximate surface area is 331 Å². The van der Waals surface area contributed by atoms with Gasteiger partial charge in [-0.05, 0) is 75.7 Å². The Bertz CT molecular complexity index is 2460. The molecule has 5 aromatic rings. The van der Waals surface area contributed by atoms with Gasteiger partial charge in [0.2, 0.25) is 11.8 Å². The lowest BCUT2D eigenvalue weighted by atomic mass is 9.86. The molecule has 0 bridgehead atoms. The van der Waals surface area contributed by atoms with Crippen molar-refractivity contribution in [1.82, 2.24) is 44.1 Å². The third kappa shape index (κ3) is 7.96. The zero-order chi connectivity index (χ0) is 40.3. The van der Waals surface area contributed by atoms with Gasteiger partial charge in [0.05, 0.1) is 47.7 Å². The topological polar surface area (TPSA) is 175 Å². The SMILES string of the molecule is Cn1c(=O)n(C2CCC(=O)NC2=O)c2cccc(C#CCCCNCC3CCC(n4cc(NC(=O)c5cnn6ccc(N7CCOCC7)nc56)c(C(F)F)n4)CC3)c21. The number of amides is 3. The molecule has 4 aromatic heterocycles. The summed E-state index contributed by atoms with van der Waals surface area (Å²) in [5, 5.41) is 17.0. The second kappa shape index (κ2) is 16.9. The lowest BCUT2D eigenvalue weighted by Gasteiger charge is -2.28. The van der Waals surface area contributed by atoms with E-state index in [1.807, 2.05) is 18.2 Å². The van der Waals surface area contributed by atoms with Crippen LogP contribution in [0, 0.1) is 17.8 Å².